The Kier molecular flexibility index (Phi) is 12.8. The summed E-state index contributed by atoms with van der Waals surface area (Å²) in [5.41, 5.74) is 12.7. The van der Waals surface area contributed by atoms with Gasteiger partial charge in [0.05, 0.1) is 6.61 Å². The standard InChI is InChI=1S/C43H43N5O6/c1-31-43(28-36-15-8-9-16-38(36)47-48-44,46-41(54-31)35-18-20-37(21-19-35)51-26-10-25-49)42(50)45-24-23-32-17-22-39(52-29-33-11-4-2-5-12-33)40(27-32)53-30-34-13-6-3-7-14-34/h2-9,11-22,27,31,49H,10,23-26,28-30H2,1H3,(H,45,50)/t31-,43-/m1/s1. The number of aliphatic hydroxyl groups is 1. The van der Waals surface area contributed by atoms with Crippen molar-refractivity contribution in [3.05, 3.63) is 166 Å². The summed E-state index contributed by atoms with van der Waals surface area (Å²) in [5.74, 6) is 1.90. The number of nitrogens with zero attached hydrogens (tertiary/aromatic N) is 4. The van der Waals surface area contributed by atoms with E-state index >= 15 is 0 Å². The second kappa shape index (κ2) is 18.5. The van der Waals surface area contributed by atoms with Gasteiger partial charge in [-0.05, 0) is 77.5 Å². The fourth-order valence-corrected chi connectivity index (χ4v) is 6.12. The van der Waals surface area contributed by atoms with E-state index in [1.165, 1.54) is 0 Å². The van der Waals surface area contributed by atoms with Gasteiger partial charge in [-0.3, -0.25) is 4.79 Å². The Balaban J connectivity index is 1.21. The van der Waals surface area contributed by atoms with Gasteiger partial charge in [0.15, 0.2) is 17.0 Å². The van der Waals surface area contributed by atoms with E-state index in [9.17, 15) is 10.3 Å². The summed E-state index contributed by atoms with van der Waals surface area (Å²) >= 11 is 0. The van der Waals surface area contributed by atoms with Gasteiger partial charge in [0, 0.05) is 42.2 Å². The van der Waals surface area contributed by atoms with Crippen LogP contribution < -0.4 is 19.5 Å². The average Bonchev–Trinajstić information content (AvgIpc) is 3.54. The molecule has 11 nitrogen and oxygen atoms in total. The number of hydrogen-bond donors (Lipinski definition) is 2. The van der Waals surface area contributed by atoms with Crippen LogP contribution in [-0.2, 0) is 35.6 Å². The molecule has 0 saturated carbocycles. The van der Waals surface area contributed by atoms with Crippen molar-refractivity contribution in [3.63, 3.8) is 0 Å². The number of aliphatic imine (C=N–C) groups is 1. The first-order valence-corrected chi connectivity index (χ1v) is 18.0. The van der Waals surface area contributed by atoms with Crippen molar-refractivity contribution in [2.75, 3.05) is 19.8 Å². The predicted molar refractivity (Wildman–Crippen MR) is 207 cm³/mol. The van der Waals surface area contributed by atoms with Crippen molar-refractivity contribution < 1.29 is 28.8 Å². The van der Waals surface area contributed by atoms with Crippen LogP contribution in [0.4, 0.5) is 5.69 Å². The first kappa shape index (κ1) is 37.5. The van der Waals surface area contributed by atoms with Crippen LogP contribution in [-0.4, -0.2) is 48.3 Å². The lowest BCUT2D eigenvalue weighted by Gasteiger charge is -2.28. The molecule has 0 bridgehead atoms. The molecule has 0 spiro atoms. The second-order valence-corrected chi connectivity index (χ2v) is 12.9. The predicted octanol–water partition coefficient (Wildman–Crippen LogP) is 8.05. The molecule has 1 heterocycles. The van der Waals surface area contributed by atoms with E-state index < -0.39 is 11.6 Å². The van der Waals surface area contributed by atoms with E-state index in [4.69, 9.17) is 29.0 Å². The quantitative estimate of drug-likeness (QED) is 0.0404. The molecule has 2 atom stereocenters. The van der Waals surface area contributed by atoms with Gasteiger partial charge in [0.1, 0.15) is 25.1 Å². The molecule has 0 unspecified atom stereocenters. The number of amides is 1. The van der Waals surface area contributed by atoms with Crippen molar-refractivity contribution in [1.29, 1.82) is 0 Å². The Bertz CT molecular complexity index is 2070. The zero-order valence-electron chi connectivity index (χ0n) is 30.1. The lowest BCUT2D eigenvalue weighted by atomic mass is 9.85. The van der Waals surface area contributed by atoms with Gasteiger partial charge in [0.25, 0.3) is 5.91 Å². The van der Waals surface area contributed by atoms with Crippen molar-refractivity contribution in [1.82, 2.24) is 5.32 Å². The lowest BCUT2D eigenvalue weighted by Crippen LogP contribution is -2.52. The molecule has 276 valence electrons. The first-order chi connectivity index (χ1) is 26.5. The topological polar surface area (TPSA) is 147 Å². The Labute approximate surface area is 314 Å². The van der Waals surface area contributed by atoms with Crippen LogP contribution in [0.1, 0.15) is 41.2 Å². The summed E-state index contributed by atoms with van der Waals surface area (Å²) in [6.07, 6.45) is 0.542. The molecule has 5 aromatic rings. The summed E-state index contributed by atoms with van der Waals surface area (Å²) in [7, 11) is 0. The molecule has 0 fully saturated rings. The fourth-order valence-electron chi connectivity index (χ4n) is 6.12. The summed E-state index contributed by atoms with van der Waals surface area (Å²) in [6.45, 7) is 3.36. The summed E-state index contributed by atoms with van der Waals surface area (Å²) < 4.78 is 24.4. The second-order valence-electron chi connectivity index (χ2n) is 12.9. The number of rotatable bonds is 18. The molecular formula is C43H43N5O6. The van der Waals surface area contributed by atoms with Gasteiger partial charge in [-0.25, -0.2) is 4.99 Å². The molecule has 2 N–H and O–H groups in total. The van der Waals surface area contributed by atoms with Crippen molar-refractivity contribution in [2.24, 2.45) is 10.1 Å². The third-order valence-electron chi connectivity index (χ3n) is 9.11. The molecule has 11 heteroatoms. The highest BCUT2D eigenvalue weighted by molar-refractivity contribution is 6.01. The monoisotopic (exact) mass is 725 g/mol. The van der Waals surface area contributed by atoms with Crippen LogP contribution in [0, 0.1) is 0 Å². The van der Waals surface area contributed by atoms with E-state index in [1.54, 1.807) is 24.3 Å². The number of ether oxygens (including phenoxy) is 4. The van der Waals surface area contributed by atoms with Gasteiger partial charge in [0.2, 0.25) is 5.90 Å². The van der Waals surface area contributed by atoms with E-state index in [2.05, 4.69) is 15.3 Å². The maximum absolute atomic E-state index is 14.3. The van der Waals surface area contributed by atoms with Crippen LogP contribution in [0.15, 0.2) is 138 Å². The Hall–Kier alpha value is -6.29. The molecule has 0 saturated heterocycles. The molecule has 1 aliphatic heterocycles. The number of hydrogen-bond acceptors (Lipinski definition) is 8. The Morgan fingerprint density at radius 1 is 0.852 bits per heavy atom. The maximum Gasteiger partial charge on any atom is 0.252 e. The van der Waals surface area contributed by atoms with E-state index in [0.717, 1.165) is 16.7 Å². The molecule has 1 amide bonds. The SMILES string of the molecule is C[C@H]1OC(c2ccc(OCCCO)cc2)=N[C@@]1(Cc1ccccc1N=[N+]=[N-])C(=O)NCCc1ccc(OCc2ccccc2)c(OCc2ccccc2)c1. The van der Waals surface area contributed by atoms with E-state index in [0.29, 0.717) is 79.2 Å². The highest BCUT2D eigenvalue weighted by Crippen LogP contribution is 2.36. The smallest absolute Gasteiger partial charge is 0.252 e. The first-order valence-electron chi connectivity index (χ1n) is 18.0. The van der Waals surface area contributed by atoms with Crippen LogP contribution in [0.3, 0.4) is 0 Å². The molecule has 5 aromatic carbocycles. The van der Waals surface area contributed by atoms with Gasteiger partial charge >= 0.3 is 0 Å². The summed E-state index contributed by atoms with van der Waals surface area (Å²) in [6, 6.07) is 40.1. The highest BCUT2D eigenvalue weighted by Gasteiger charge is 2.50. The minimum atomic E-state index is -1.36. The molecule has 6 rings (SSSR count). The molecule has 54 heavy (non-hydrogen) atoms. The van der Waals surface area contributed by atoms with E-state index in [-0.39, 0.29) is 18.9 Å². The zero-order chi connectivity index (χ0) is 37.6. The van der Waals surface area contributed by atoms with Gasteiger partial charge < -0.3 is 29.4 Å². The van der Waals surface area contributed by atoms with Crippen LogP contribution >= 0.6 is 0 Å². The number of azide groups is 1. The Morgan fingerprint density at radius 2 is 1.52 bits per heavy atom. The molecular weight excluding hydrogens is 683 g/mol. The number of nitrogens with one attached hydrogen (secondary N) is 1. The van der Waals surface area contributed by atoms with Crippen LogP contribution in [0.25, 0.3) is 10.4 Å². The zero-order valence-corrected chi connectivity index (χ0v) is 30.1. The van der Waals surface area contributed by atoms with E-state index in [1.807, 2.05) is 110 Å². The van der Waals surface area contributed by atoms with Crippen LogP contribution in [0.5, 0.6) is 17.2 Å². The fraction of sp³-hybridized carbons (Fsp3) is 0.256. The third kappa shape index (κ3) is 9.57. The van der Waals surface area contributed by atoms with Gasteiger partial charge in [-0.1, -0.05) is 96.1 Å². The number of carbonyl (C=O) groups is 1. The molecule has 0 aromatic heterocycles. The van der Waals surface area contributed by atoms with Crippen molar-refractivity contribution >= 4 is 17.5 Å². The summed E-state index contributed by atoms with van der Waals surface area (Å²) in [5, 5.41) is 16.1. The number of benzene rings is 5. The lowest BCUT2D eigenvalue weighted by molar-refractivity contribution is -0.128. The molecule has 0 aliphatic carbocycles. The maximum atomic E-state index is 14.3. The van der Waals surface area contributed by atoms with Gasteiger partial charge in [-0.15, -0.1) is 0 Å². The minimum Gasteiger partial charge on any atom is -0.494 e. The molecule has 0 radical (unpaired) electrons. The van der Waals surface area contributed by atoms with Crippen molar-refractivity contribution in [3.8, 4) is 17.2 Å². The normalized spacial score (nSPS) is 16.0. The number of carbonyl (C=O) groups excluding carboxylic acids is 1. The Morgan fingerprint density at radius 3 is 2.20 bits per heavy atom. The summed E-state index contributed by atoms with van der Waals surface area (Å²) in [4.78, 5) is 22.3. The average molecular weight is 726 g/mol. The third-order valence-corrected chi connectivity index (χ3v) is 9.11. The largest absolute Gasteiger partial charge is 0.494 e. The highest BCUT2D eigenvalue weighted by atomic mass is 16.5. The number of aliphatic hydroxyl groups excluding tert-OH is 1. The van der Waals surface area contributed by atoms with Crippen LogP contribution in [0.2, 0.25) is 0 Å². The minimum absolute atomic E-state index is 0.0498. The van der Waals surface area contributed by atoms with Gasteiger partial charge in [-0.2, -0.15) is 0 Å². The van der Waals surface area contributed by atoms with Crippen molar-refractivity contribution in [2.45, 2.75) is 51.0 Å². The molecule has 1 aliphatic rings.